The highest BCUT2D eigenvalue weighted by Crippen LogP contribution is 2.47. The number of rotatable bonds is 4. The summed E-state index contributed by atoms with van der Waals surface area (Å²) in [4.78, 5) is 5.40. The van der Waals surface area contributed by atoms with E-state index in [0.717, 1.165) is 12.6 Å². The highest BCUT2D eigenvalue weighted by molar-refractivity contribution is 5.27. The number of phenols is 1. The van der Waals surface area contributed by atoms with Gasteiger partial charge in [0.15, 0.2) is 0 Å². The van der Waals surface area contributed by atoms with Gasteiger partial charge in [-0.3, -0.25) is 9.80 Å². The first-order chi connectivity index (χ1) is 13.7. The first kappa shape index (κ1) is 18.2. The minimum Gasteiger partial charge on any atom is -0.508 e. The zero-order valence-electron chi connectivity index (χ0n) is 16.8. The second kappa shape index (κ2) is 7.53. The molecule has 1 spiro atoms. The van der Waals surface area contributed by atoms with Crippen molar-refractivity contribution in [1.82, 2.24) is 9.80 Å². The molecule has 3 aliphatic rings. The molecule has 1 aliphatic carbocycles. The molecule has 0 radical (unpaired) electrons. The molecule has 2 heterocycles. The molecule has 3 heteroatoms. The van der Waals surface area contributed by atoms with Crippen LogP contribution in [0.2, 0.25) is 0 Å². The molecule has 5 rings (SSSR count). The van der Waals surface area contributed by atoms with E-state index in [0.29, 0.717) is 17.1 Å². The van der Waals surface area contributed by atoms with E-state index in [-0.39, 0.29) is 0 Å². The Hall–Kier alpha value is -1.84. The van der Waals surface area contributed by atoms with Crippen LogP contribution in [0.3, 0.4) is 0 Å². The van der Waals surface area contributed by atoms with Gasteiger partial charge in [-0.05, 0) is 79.8 Å². The molecule has 0 unspecified atom stereocenters. The van der Waals surface area contributed by atoms with E-state index in [9.17, 15) is 5.11 Å². The van der Waals surface area contributed by atoms with Gasteiger partial charge in [-0.2, -0.15) is 0 Å². The summed E-state index contributed by atoms with van der Waals surface area (Å²) in [6, 6.07) is 19.8. The van der Waals surface area contributed by atoms with E-state index in [1.807, 2.05) is 12.1 Å². The maximum absolute atomic E-state index is 9.74. The monoisotopic (exact) mass is 376 g/mol. The molecular formula is C25H32N2O. The topological polar surface area (TPSA) is 26.7 Å². The summed E-state index contributed by atoms with van der Waals surface area (Å²) >= 11 is 0. The lowest BCUT2D eigenvalue weighted by atomic mass is 9.68. The van der Waals surface area contributed by atoms with E-state index in [4.69, 9.17) is 0 Å². The van der Waals surface area contributed by atoms with Crippen LogP contribution in [0.1, 0.15) is 49.1 Å². The van der Waals surface area contributed by atoms with Crippen molar-refractivity contribution >= 4 is 0 Å². The molecule has 148 valence electrons. The van der Waals surface area contributed by atoms with Gasteiger partial charge in [0.05, 0.1) is 0 Å². The fourth-order valence-corrected chi connectivity index (χ4v) is 5.56. The summed E-state index contributed by atoms with van der Waals surface area (Å²) in [6.45, 7) is 5.87. The number of nitrogens with zero attached hydrogens (tertiary/aromatic N) is 2. The number of hydrogen-bond acceptors (Lipinski definition) is 3. The Bertz CT molecular complexity index is 793. The van der Waals surface area contributed by atoms with Crippen molar-refractivity contribution in [3.63, 3.8) is 0 Å². The fourth-order valence-electron chi connectivity index (χ4n) is 5.56. The van der Waals surface area contributed by atoms with Crippen LogP contribution in [0, 0.1) is 5.41 Å². The quantitative estimate of drug-likeness (QED) is 0.843. The number of piperidine rings is 2. The van der Waals surface area contributed by atoms with Gasteiger partial charge in [-0.1, -0.05) is 42.5 Å². The lowest BCUT2D eigenvalue weighted by Crippen LogP contribution is -2.52. The standard InChI is InChI=1S/C25H32N2O/c28-24-8-4-5-20(15-24)17-26-13-11-25(12-14-26)16-22(21-6-2-1-3-7-21)18-27(19-25)23-9-10-23/h1-8,15,22-23,28H,9-14,16-19H2/t22-/m1/s1. The van der Waals surface area contributed by atoms with Crippen LogP contribution in [-0.4, -0.2) is 47.1 Å². The summed E-state index contributed by atoms with van der Waals surface area (Å²) in [5, 5.41) is 9.74. The summed E-state index contributed by atoms with van der Waals surface area (Å²) in [5.41, 5.74) is 3.24. The van der Waals surface area contributed by atoms with Gasteiger partial charge in [0, 0.05) is 25.7 Å². The largest absolute Gasteiger partial charge is 0.508 e. The van der Waals surface area contributed by atoms with Crippen molar-refractivity contribution in [3.8, 4) is 5.75 Å². The van der Waals surface area contributed by atoms with E-state index in [1.165, 1.54) is 69.4 Å². The first-order valence-corrected chi connectivity index (χ1v) is 11.0. The minimum atomic E-state index is 0.379. The molecular weight excluding hydrogens is 344 g/mol. The van der Waals surface area contributed by atoms with E-state index < -0.39 is 0 Å². The van der Waals surface area contributed by atoms with Crippen LogP contribution in [0.15, 0.2) is 54.6 Å². The zero-order valence-corrected chi connectivity index (χ0v) is 16.8. The Morgan fingerprint density at radius 2 is 1.75 bits per heavy atom. The van der Waals surface area contributed by atoms with Gasteiger partial charge in [-0.15, -0.1) is 0 Å². The molecule has 1 N–H and O–H groups in total. The first-order valence-electron chi connectivity index (χ1n) is 11.0. The molecule has 2 aromatic rings. The SMILES string of the molecule is Oc1cccc(CN2CCC3(CC2)C[C@@H](c2ccccc2)CN(C2CC2)C3)c1. The van der Waals surface area contributed by atoms with Crippen LogP contribution in [0.25, 0.3) is 0 Å². The minimum absolute atomic E-state index is 0.379. The van der Waals surface area contributed by atoms with Crippen LogP contribution in [0.4, 0.5) is 0 Å². The Morgan fingerprint density at radius 1 is 0.964 bits per heavy atom. The fraction of sp³-hybridized carbons (Fsp3) is 0.520. The van der Waals surface area contributed by atoms with Crippen molar-refractivity contribution in [2.45, 2.75) is 50.6 Å². The lowest BCUT2D eigenvalue weighted by molar-refractivity contribution is 0.00829. The van der Waals surface area contributed by atoms with Crippen molar-refractivity contribution in [1.29, 1.82) is 0 Å². The molecule has 1 saturated carbocycles. The third-order valence-electron chi connectivity index (χ3n) is 7.24. The average Bonchev–Trinajstić information content (AvgIpc) is 3.56. The molecule has 3 nitrogen and oxygen atoms in total. The highest BCUT2D eigenvalue weighted by atomic mass is 16.3. The summed E-state index contributed by atoms with van der Waals surface area (Å²) in [7, 11) is 0. The second-order valence-electron chi connectivity index (χ2n) is 9.42. The van der Waals surface area contributed by atoms with Gasteiger partial charge >= 0.3 is 0 Å². The summed E-state index contributed by atoms with van der Waals surface area (Å²) in [6.07, 6.45) is 6.76. The number of hydrogen-bond donors (Lipinski definition) is 1. The predicted octanol–water partition coefficient (Wildman–Crippen LogP) is 4.63. The van der Waals surface area contributed by atoms with Crippen molar-refractivity contribution in [2.24, 2.45) is 5.41 Å². The van der Waals surface area contributed by atoms with Crippen molar-refractivity contribution in [2.75, 3.05) is 26.2 Å². The third kappa shape index (κ3) is 3.97. The molecule has 0 aromatic heterocycles. The van der Waals surface area contributed by atoms with E-state index >= 15 is 0 Å². The average molecular weight is 377 g/mol. The molecule has 3 fully saturated rings. The molecule has 28 heavy (non-hydrogen) atoms. The third-order valence-corrected chi connectivity index (χ3v) is 7.24. The number of aromatic hydroxyl groups is 1. The second-order valence-corrected chi connectivity index (χ2v) is 9.42. The summed E-state index contributed by atoms with van der Waals surface area (Å²) in [5.74, 6) is 1.07. The maximum Gasteiger partial charge on any atom is 0.115 e. The van der Waals surface area contributed by atoms with Crippen LogP contribution < -0.4 is 0 Å². The smallest absolute Gasteiger partial charge is 0.115 e. The Labute approximate surface area is 169 Å². The molecule has 2 saturated heterocycles. The number of likely N-dealkylation sites (tertiary alicyclic amines) is 2. The van der Waals surface area contributed by atoms with Crippen molar-refractivity contribution in [3.05, 3.63) is 65.7 Å². The molecule has 2 aliphatic heterocycles. The Morgan fingerprint density at radius 3 is 2.46 bits per heavy atom. The Kier molecular flexibility index (Phi) is 4.90. The zero-order chi connectivity index (χ0) is 19.0. The maximum atomic E-state index is 9.74. The van der Waals surface area contributed by atoms with Crippen LogP contribution in [0.5, 0.6) is 5.75 Å². The number of benzene rings is 2. The van der Waals surface area contributed by atoms with E-state index in [1.54, 1.807) is 6.07 Å². The molecule has 0 bridgehead atoms. The van der Waals surface area contributed by atoms with Gasteiger partial charge in [-0.25, -0.2) is 0 Å². The van der Waals surface area contributed by atoms with Crippen LogP contribution >= 0.6 is 0 Å². The molecule has 1 atom stereocenters. The van der Waals surface area contributed by atoms with E-state index in [2.05, 4.69) is 46.2 Å². The van der Waals surface area contributed by atoms with Gasteiger partial charge in [0.2, 0.25) is 0 Å². The van der Waals surface area contributed by atoms with Gasteiger partial charge < -0.3 is 5.11 Å². The molecule has 2 aromatic carbocycles. The summed E-state index contributed by atoms with van der Waals surface area (Å²) < 4.78 is 0. The predicted molar refractivity (Wildman–Crippen MR) is 113 cm³/mol. The van der Waals surface area contributed by atoms with Crippen molar-refractivity contribution < 1.29 is 5.11 Å². The number of phenolic OH excluding ortho intramolecular Hbond substituents is 1. The molecule has 0 amide bonds. The normalized spacial score (nSPS) is 25.8. The van der Waals surface area contributed by atoms with Crippen LogP contribution in [-0.2, 0) is 6.54 Å². The highest BCUT2D eigenvalue weighted by Gasteiger charge is 2.45. The van der Waals surface area contributed by atoms with Gasteiger partial charge in [0.1, 0.15) is 5.75 Å². The lowest BCUT2D eigenvalue weighted by Gasteiger charge is -2.50. The Balaban J connectivity index is 1.28. The van der Waals surface area contributed by atoms with Gasteiger partial charge in [0.25, 0.3) is 0 Å².